The van der Waals surface area contributed by atoms with E-state index in [1.165, 1.54) is 205 Å². The van der Waals surface area contributed by atoms with Gasteiger partial charge in [0.05, 0.1) is 40.3 Å². The first-order valence-electron chi connectivity index (χ1n) is 28.2. The molecule has 0 bridgehead atoms. The first kappa shape index (κ1) is 63.1. The molecular formula is C57H109NO7. The van der Waals surface area contributed by atoms with Crippen LogP contribution in [0.25, 0.3) is 0 Å². The fourth-order valence-corrected chi connectivity index (χ4v) is 8.78. The van der Waals surface area contributed by atoms with Crippen molar-refractivity contribution in [2.45, 2.75) is 296 Å². The summed E-state index contributed by atoms with van der Waals surface area (Å²) in [6, 6.07) is -0.724. The predicted molar refractivity (Wildman–Crippen MR) is 273 cm³/mol. The zero-order valence-corrected chi connectivity index (χ0v) is 43.9. The summed E-state index contributed by atoms with van der Waals surface area (Å²) >= 11 is 0. The van der Waals surface area contributed by atoms with Gasteiger partial charge in [-0.05, 0) is 38.5 Å². The Balaban J connectivity index is 4.14. The average molecular weight is 920 g/mol. The minimum absolute atomic E-state index is 0.0446. The fraction of sp³-hybridized carbons (Fsp3) is 0.912. The van der Waals surface area contributed by atoms with E-state index in [1.807, 2.05) is 21.1 Å². The minimum Gasteiger partial charge on any atom is -0.544 e. The maximum Gasteiger partial charge on any atom is 0.306 e. The number of allylic oxidation sites excluding steroid dienone is 2. The van der Waals surface area contributed by atoms with E-state index in [-0.39, 0.29) is 42.7 Å². The standard InChI is InChI=1S/C57H109NO7/c1-6-8-10-12-14-16-18-20-22-24-26-27-28-29-30-32-34-36-38-40-42-44-46-48-56(60)65-53(51-63-50-49-54(57(61)62)58(3,4)5)52-64-55(59)47-45-43-41-39-37-35-33-31-25-23-21-19-17-15-13-11-9-7-2/h31,33,53-54H,6-30,32,34-52H2,1-5H3/b33-31+. The molecule has 0 heterocycles. The summed E-state index contributed by atoms with van der Waals surface area (Å²) in [4.78, 5) is 37.1. The number of unbranched alkanes of at least 4 members (excludes halogenated alkanes) is 36. The molecule has 0 aliphatic carbocycles. The van der Waals surface area contributed by atoms with E-state index >= 15 is 0 Å². The number of rotatable bonds is 52. The number of nitrogens with zero attached hydrogens (tertiary/aromatic N) is 1. The van der Waals surface area contributed by atoms with Crippen molar-refractivity contribution < 1.29 is 38.2 Å². The van der Waals surface area contributed by atoms with Gasteiger partial charge in [0, 0.05) is 19.3 Å². The van der Waals surface area contributed by atoms with Crippen molar-refractivity contribution >= 4 is 17.9 Å². The molecule has 8 heteroatoms. The van der Waals surface area contributed by atoms with E-state index in [0.29, 0.717) is 12.8 Å². The number of ether oxygens (including phenoxy) is 3. The highest BCUT2D eigenvalue weighted by molar-refractivity contribution is 5.70. The SMILES string of the molecule is CCCCCCCCCCC/C=C/CCCCCCCC(=O)OCC(COCCC(C(=O)[O-])[N+](C)(C)C)OC(=O)CCCCCCCCCCCCCCCCCCCCCCCCC. The lowest BCUT2D eigenvalue weighted by Gasteiger charge is -2.34. The second-order valence-corrected chi connectivity index (χ2v) is 20.5. The lowest BCUT2D eigenvalue weighted by Crippen LogP contribution is -2.55. The van der Waals surface area contributed by atoms with Crippen molar-refractivity contribution in [3.8, 4) is 0 Å². The summed E-state index contributed by atoms with van der Waals surface area (Å²) in [7, 11) is 5.43. The molecule has 384 valence electrons. The summed E-state index contributed by atoms with van der Waals surface area (Å²) in [6.45, 7) is 4.72. The van der Waals surface area contributed by atoms with Crippen LogP contribution in [0.4, 0.5) is 0 Å². The third kappa shape index (κ3) is 46.9. The third-order valence-electron chi connectivity index (χ3n) is 13.2. The molecule has 0 aromatic heterocycles. The molecule has 0 aromatic rings. The summed E-state index contributed by atoms with van der Waals surface area (Å²) in [5, 5.41) is 11.7. The van der Waals surface area contributed by atoms with E-state index in [1.54, 1.807) is 0 Å². The van der Waals surface area contributed by atoms with Crippen LogP contribution in [0.15, 0.2) is 12.2 Å². The molecule has 0 aliphatic rings. The second-order valence-electron chi connectivity index (χ2n) is 20.5. The van der Waals surface area contributed by atoms with E-state index < -0.39 is 18.1 Å². The fourth-order valence-electron chi connectivity index (χ4n) is 8.78. The highest BCUT2D eigenvalue weighted by atomic mass is 16.6. The van der Waals surface area contributed by atoms with E-state index in [4.69, 9.17) is 14.2 Å². The number of carboxylic acids is 1. The van der Waals surface area contributed by atoms with Gasteiger partial charge in [-0.2, -0.15) is 0 Å². The summed E-state index contributed by atoms with van der Waals surface area (Å²) < 4.78 is 17.3. The second kappa shape index (κ2) is 48.5. The maximum absolute atomic E-state index is 12.8. The van der Waals surface area contributed by atoms with Crippen molar-refractivity contribution in [2.24, 2.45) is 0 Å². The molecule has 0 fully saturated rings. The molecule has 0 saturated heterocycles. The van der Waals surface area contributed by atoms with Gasteiger partial charge in [0.15, 0.2) is 6.10 Å². The monoisotopic (exact) mass is 920 g/mol. The van der Waals surface area contributed by atoms with E-state index in [9.17, 15) is 19.5 Å². The van der Waals surface area contributed by atoms with Crippen LogP contribution in [-0.2, 0) is 28.6 Å². The molecule has 0 N–H and O–H groups in total. The van der Waals surface area contributed by atoms with Gasteiger partial charge in [-0.25, -0.2) is 0 Å². The number of hydrogen-bond donors (Lipinski definition) is 0. The van der Waals surface area contributed by atoms with Crippen LogP contribution < -0.4 is 5.11 Å². The normalized spacial score (nSPS) is 12.8. The number of quaternary nitrogens is 1. The largest absolute Gasteiger partial charge is 0.544 e. The van der Waals surface area contributed by atoms with Gasteiger partial charge in [-0.3, -0.25) is 9.59 Å². The Bertz CT molecular complexity index is 1070. The Morgan fingerprint density at radius 3 is 1.11 bits per heavy atom. The molecule has 0 aliphatic heterocycles. The highest BCUT2D eigenvalue weighted by Gasteiger charge is 2.25. The molecule has 0 rings (SSSR count). The first-order chi connectivity index (χ1) is 31.6. The van der Waals surface area contributed by atoms with Crippen molar-refractivity contribution in [1.29, 1.82) is 0 Å². The molecular weight excluding hydrogens is 811 g/mol. The van der Waals surface area contributed by atoms with Gasteiger partial charge < -0.3 is 28.6 Å². The number of aliphatic carboxylic acids is 1. The number of carbonyl (C=O) groups is 3. The van der Waals surface area contributed by atoms with E-state index in [0.717, 1.165) is 44.9 Å². The zero-order valence-electron chi connectivity index (χ0n) is 43.9. The molecule has 8 nitrogen and oxygen atoms in total. The Hall–Kier alpha value is -1.93. The summed E-state index contributed by atoms with van der Waals surface area (Å²) in [6.07, 6.45) is 55.4. The Morgan fingerprint density at radius 2 is 0.769 bits per heavy atom. The van der Waals surface area contributed by atoms with Gasteiger partial charge in [0.2, 0.25) is 0 Å². The molecule has 0 radical (unpaired) electrons. The smallest absolute Gasteiger partial charge is 0.306 e. The molecule has 0 aromatic carbocycles. The van der Waals surface area contributed by atoms with Gasteiger partial charge in [0.1, 0.15) is 12.6 Å². The maximum atomic E-state index is 12.8. The Morgan fingerprint density at radius 1 is 0.446 bits per heavy atom. The van der Waals surface area contributed by atoms with Crippen molar-refractivity contribution in [3.05, 3.63) is 12.2 Å². The number of carboxylic acid groups (broad SMARTS) is 1. The molecule has 0 amide bonds. The van der Waals surface area contributed by atoms with Gasteiger partial charge in [-0.15, -0.1) is 0 Å². The van der Waals surface area contributed by atoms with Crippen molar-refractivity contribution in [1.82, 2.24) is 0 Å². The quantitative estimate of drug-likeness (QED) is 0.0259. The van der Waals surface area contributed by atoms with Crippen molar-refractivity contribution in [3.63, 3.8) is 0 Å². The molecule has 2 unspecified atom stereocenters. The van der Waals surface area contributed by atoms with Crippen LogP contribution in [0.5, 0.6) is 0 Å². The summed E-state index contributed by atoms with van der Waals surface area (Å²) in [5.41, 5.74) is 0. The Kier molecular flexibility index (Phi) is 47.1. The zero-order chi connectivity index (χ0) is 47.7. The van der Waals surface area contributed by atoms with Crippen LogP contribution in [-0.4, -0.2) is 75.5 Å². The highest BCUT2D eigenvalue weighted by Crippen LogP contribution is 2.17. The van der Waals surface area contributed by atoms with Gasteiger partial charge in [0.25, 0.3) is 0 Å². The average Bonchev–Trinajstić information content (AvgIpc) is 3.27. The van der Waals surface area contributed by atoms with Crippen LogP contribution in [0.3, 0.4) is 0 Å². The first-order valence-corrected chi connectivity index (χ1v) is 28.2. The number of hydrogen-bond acceptors (Lipinski definition) is 7. The van der Waals surface area contributed by atoms with Crippen LogP contribution in [0, 0.1) is 0 Å². The number of likely N-dealkylation sites (N-methyl/N-ethyl adjacent to an activating group) is 1. The molecule has 65 heavy (non-hydrogen) atoms. The van der Waals surface area contributed by atoms with Crippen LogP contribution >= 0.6 is 0 Å². The minimum atomic E-state index is -1.12. The van der Waals surface area contributed by atoms with Crippen LogP contribution in [0.1, 0.15) is 284 Å². The number of carbonyl (C=O) groups excluding carboxylic acids is 3. The topological polar surface area (TPSA) is 102 Å². The van der Waals surface area contributed by atoms with E-state index in [2.05, 4.69) is 26.0 Å². The lowest BCUT2D eigenvalue weighted by molar-refractivity contribution is -0.889. The number of esters is 2. The molecule has 0 spiro atoms. The predicted octanol–water partition coefficient (Wildman–Crippen LogP) is 15.3. The molecule has 2 atom stereocenters. The van der Waals surface area contributed by atoms with Gasteiger partial charge >= 0.3 is 11.9 Å². The van der Waals surface area contributed by atoms with Gasteiger partial charge in [-0.1, -0.05) is 238 Å². The van der Waals surface area contributed by atoms with Crippen molar-refractivity contribution in [2.75, 3.05) is 41.0 Å². The lowest BCUT2D eigenvalue weighted by atomic mass is 10.0. The third-order valence-corrected chi connectivity index (χ3v) is 13.2. The Labute approximate surface area is 403 Å². The molecule has 0 saturated carbocycles. The summed E-state index contributed by atoms with van der Waals surface area (Å²) in [5.74, 6) is -1.72. The van der Waals surface area contributed by atoms with Crippen LogP contribution in [0.2, 0.25) is 0 Å².